The van der Waals surface area contributed by atoms with Crippen LogP contribution in [0.1, 0.15) is 16.3 Å². The zero-order valence-electron chi connectivity index (χ0n) is 12.5. The Labute approximate surface area is 156 Å². The highest BCUT2D eigenvalue weighted by Gasteiger charge is 2.32. The molecule has 2 aromatic rings. The van der Waals surface area contributed by atoms with Crippen LogP contribution in [-0.4, -0.2) is 37.8 Å². The predicted octanol–water partition coefficient (Wildman–Crippen LogP) is 3.14. The summed E-state index contributed by atoms with van der Waals surface area (Å²) in [6, 6.07) is 3.87. The molecule has 0 spiro atoms. The molecule has 3 heterocycles. The summed E-state index contributed by atoms with van der Waals surface area (Å²) in [4.78, 5) is 27.4. The molecule has 6 nitrogen and oxygen atoms in total. The molecule has 2 amide bonds. The second-order valence-electron chi connectivity index (χ2n) is 4.77. The fraction of sp³-hybridized carbons (Fsp3) is 0.214. The highest BCUT2D eigenvalue weighted by Crippen LogP contribution is 2.33. The van der Waals surface area contributed by atoms with Crippen molar-refractivity contribution in [3.05, 3.63) is 32.3 Å². The topological polar surface area (TPSA) is 75.2 Å². The van der Waals surface area contributed by atoms with Crippen molar-refractivity contribution in [2.24, 2.45) is 0 Å². The molecule has 0 bridgehead atoms. The molecular weight excluding hydrogens is 384 g/mol. The Kier molecular flexibility index (Phi) is 5.39. The number of nitrogens with one attached hydrogen (secondary N) is 1. The van der Waals surface area contributed by atoms with Crippen LogP contribution in [0.4, 0.5) is 5.13 Å². The average molecular weight is 397 g/mol. The Balaban J connectivity index is 1.58. The monoisotopic (exact) mass is 396 g/mol. The molecule has 2 aromatic heterocycles. The van der Waals surface area contributed by atoms with Gasteiger partial charge < -0.3 is 5.32 Å². The Morgan fingerprint density at radius 3 is 2.96 bits per heavy atom. The summed E-state index contributed by atoms with van der Waals surface area (Å²) in [7, 11) is 0. The van der Waals surface area contributed by atoms with Crippen LogP contribution in [0.5, 0.6) is 0 Å². The largest absolute Gasteiger partial charge is 0.300 e. The summed E-state index contributed by atoms with van der Waals surface area (Å²) in [5, 5.41) is 13.5. The van der Waals surface area contributed by atoms with Crippen LogP contribution < -0.4 is 5.32 Å². The van der Waals surface area contributed by atoms with Crippen molar-refractivity contribution in [3.8, 4) is 0 Å². The number of anilines is 1. The van der Waals surface area contributed by atoms with Gasteiger partial charge in [0.25, 0.3) is 5.91 Å². The van der Waals surface area contributed by atoms with Gasteiger partial charge in [0.05, 0.1) is 4.91 Å². The third-order valence-corrected chi connectivity index (χ3v) is 5.98. The maximum absolute atomic E-state index is 12.4. The van der Waals surface area contributed by atoms with E-state index in [1.807, 2.05) is 30.5 Å². The lowest BCUT2D eigenvalue weighted by Crippen LogP contribution is -2.31. The second-order valence-corrected chi connectivity index (χ2v) is 8.61. The Bertz CT molecular complexity index is 813. The maximum Gasteiger partial charge on any atom is 0.266 e. The molecule has 1 saturated heterocycles. The molecule has 0 radical (unpaired) electrons. The fourth-order valence-corrected chi connectivity index (χ4v) is 4.58. The first-order valence-corrected chi connectivity index (χ1v) is 9.84. The third kappa shape index (κ3) is 4.07. The first-order chi connectivity index (χ1) is 11.5. The number of thioether (sulfide) groups is 1. The zero-order valence-corrected chi connectivity index (χ0v) is 15.8. The Morgan fingerprint density at radius 2 is 2.29 bits per heavy atom. The van der Waals surface area contributed by atoms with Crippen molar-refractivity contribution >= 4 is 74.0 Å². The van der Waals surface area contributed by atoms with Crippen molar-refractivity contribution < 1.29 is 9.59 Å². The average Bonchev–Trinajstić information content (AvgIpc) is 3.23. The van der Waals surface area contributed by atoms with E-state index in [0.29, 0.717) is 14.4 Å². The number of carbonyl (C=O) groups is 2. The molecule has 1 N–H and O–H groups in total. The lowest BCUT2D eigenvalue weighted by molar-refractivity contribution is -0.122. The minimum Gasteiger partial charge on any atom is -0.300 e. The van der Waals surface area contributed by atoms with Crippen LogP contribution in [0, 0.1) is 6.92 Å². The van der Waals surface area contributed by atoms with Crippen LogP contribution in [0.2, 0.25) is 0 Å². The highest BCUT2D eigenvalue weighted by molar-refractivity contribution is 8.26. The van der Waals surface area contributed by atoms with Gasteiger partial charge in [-0.15, -0.1) is 21.5 Å². The molecule has 0 atom stereocenters. The van der Waals surface area contributed by atoms with Gasteiger partial charge in [0.2, 0.25) is 11.0 Å². The number of nitrogens with zero attached hydrogens (tertiary/aromatic N) is 3. The number of hydrogen-bond donors (Lipinski definition) is 1. The zero-order chi connectivity index (χ0) is 17.1. The quantitative estimate of drug-likeness (QED) is 0.618. The minimum atomic E-state index is -0.220. The van der Waals surface area contributed by atoms with Gasteiger partial charge in [-0.3, -0.25) is 14.5 Å². The molecule has 10 heteroatoms. The van der Waals surface area contributed by atoms with Crippen LogP contribution in [0.3, 0.4) is 0 Å². The number of aryl methyl sites for hydroxylation is 1. The van der Waals surface area contributed by atoms with Crippen molar-refractivity contribution in [1.29, 1.82) is 0 Å². The molecule has 1 fully saturated rings. The number of carbonyl (C=O) groups excluding carboxylic acids is 2. The van der Waals surface area contributed by atoms with Crippen LogP contribution in [0.25, 0.3) is 6.08 Å². The van der Waals surface area contributed by atoms with E-state index in [1.54, 1.807) is 11.3 Å². The van der Waals surface area contributed by atoms with Gasteiger partial charge in [-0.25, -0.2) is 0 Å². The maximum atomic E-state index is 12.4. The van der Waals surface area contributed by atoms with E-state index in [1.165, 1.54) is 28.0 Å². The summed E-state index contributed by atoms with van der Waals surface area (Å²) < 4.78 is 0.474. The first kappa shape index (κ1) is 17.2. The van der Waals surface area contributed by atoms with Crippen molar-refractivity contribution in [2.45, 2.75) is 13.3 Å². The van der Waals surface area contributed by atoms with E-state index < -0.39 is 0 Å². The number of aromatic nitrogens is 2. The van der Waals surface area contributed by atoms with Gasteiger partial charge in [-0.05, 0) is 24.4 Å². The Hall–Kier alpha value is -1.62. The highest BCUT2D eigenvalue weighted by atomic mass is 32.2. The van der Waals surface area contributed by atoms with Gasteiger partial charge in [0.15, 0.2) is 0 Å². The minimum absolute atomic E-state index is 0.150. The number of amides is 2. The summed E-state index contributed by atoms with van der Waals surface area (Å²) in [5.41, 5.74) is 0. The lowest BCUT2D eigenvalue weighted by Gasteiger charge is -2.13. The van der Waals surface area contributed by atoms with Crippen molar-refractivity contribution in [3.63, 3.8) is 0 Å². The molecule has 1 aliphatic rings. The number of hydrogen-bond acceptors (Lipinski definition) is 8. The molecule has 1 aliphatic heterocycles. The normalized spacial score (nSPS) is 16.2. The SMILES string of the molecule is Cc1nnc(NC(=O)CCN2C(=O)/C(=C\c3cccs3)SC2=S)s1. The standard InChI is InChI=1S/C14H12N4O2S4/c1-8-16-17-13(23-8)15-11(19)4-5-18-12(20)10(24-14(18)21)7-9-3-2-6-22-9/h2-3,6-7H,4-5H2,1H3,(H,15,17,19)/b10-7+. The van der Waals surface area contributed by atoms with E-state index >= 15 is 0 Å². The lowest BCUT2D eigenvalue weighted by atomic mass is 10.3. The van der Waals surface area contributed by atoms with Crippen molar-refractivity contribution in [2.75, 3.05) is 11.9 Å². The first-order valence-electron chi connectivity index (χ1n) is 6.92. The number of rotatable bonds is 5. The van der Waals surface area contributed by atoms with E-state index in [9.17, 15) is 9.59 Å². The van der Waals surface area contributed by atoms with E-state index in [2.05, 4.69) is 15.5 Å². The molecule has 3 rings (SSSR count). The van der Waals surface area contributed by atoms with Crippen molar-refractivity contribution in [1.82, 2.24) is 15.1 Å². The van der Waals surface area contributed by atoms with Crippen LogP contribution in [0.15, 0.2) is 22.4 Å². The number of thiophene rings is 1. The Morgan fingerprint density at radius 1 is 1.46 bits per heavy atom. The molecule has 0 unspecified atom stereocenters. The summed E-state index contributed by atoms with van der Waals surface area (Å²) >= 11 is 9.38. The molecule has 124 valence electrons. The summed E-state index contributed by atoms with van der Waals surface area (Å²) in [6.07, 6.45) is 1.98. The van der Waals surface area contributed by atoms with Gasteiger partial charge >= 0.3 is 0 Å². The van der Waals surface area contributed by atoms with Crippen LogP contribution >= 0.6 is 46.7 Å². The third-order valence-electron chi connectivity index (χ3n) is 3.02. The second kappa shape index (κ2) is 7.51. The smallest absolute Gasteiger partial charge is 0.266 e. The number of thiocarbonyl (C=S) groups is 1. The van der Waals surface area contributed by atoms with E-state index in [-0.39, 0.29) is 24.8 Å². The van der Waals surface area contributed by atoms with Gasteiger partial charge in [-0.1, -0.05) is 41.4 Å². The molecule has 0 saturated carbocycles. The van der Waals surface area contributed by atoms with E-state index in [4.69, 9.17) is 12.2 Å². The van der Waals surface area contributed by atoms with Gasteiger partial charge in [0, 0.05) is 17.8 Å². The summed E-state index contributed by atoms with van der Waals surface area (Å²) in [5.74, 6) is -0.375. The predicted molar refractivity (Wildman–Crippen MR) is 102 cm³/mol. The molecular formula is C14H12N4O2S4. The fourth-order valence-electron chi connectivity index (χ4n) is 1.94. The van der Waals surface area contributed by atoms with Gasteiger partial charge in [-0.2, -0.15) is 0 Å². The van der Waals surface area contributed by atoms with E-state index in [0.717, 1.165) is 9.88 Å². The molecule has 0 aromatic carbocycles. The molecule has 0 aliphatic carbocycles. The molecule has 24 heavy (non-hydrogen) atoms. The van der Waals surface area contributed by atoms with Crippen LogP contribution in [-0.2, 0) is 9.59 Å². The van der Waals surface area contributed by atoms with Gasteiger partial charge in [0.1, 0.15) is 9.33 Å². The summed E-state index contributed by atoms with van der Waals surface area (Å²) in [6.45, 7) is 2.06.